The summed E-state index contributed by atoms with van der Waals surface area (Å²) < 4.78 is 75.4. The number of nitrogens with zero attached hydrogens (tertiary/aromatic N) is 1. The first-order valence-corrected chi connectivity index (χ1v) is 10.7. The summed E-state index contributed by atoms with van der Waals surface area (Å²) in [6.45, 7) is 2.12. The first kappa shape index (κ1) is 23.8. The molecule has 2 aromatic rings. The van der Waals surface area contributed by atoms with Crippen molar-refractivity contribution in [2.75, 3.05) is 0 Å². The zero-order valence-electron chi connectivity index (χ0n) is 17.7. The highest BCUT2D eigenvalue weighted by atomic mass is 19.3. The number of hydrogen-bond donors (Lipinski definition) is 0. The lowest BCUT2D eigenvalue weighted by Gasteiger charge is -2.27. The quantitative estimate of drug-likeness (QED) is 0.320. The van der Waals surface area contributed by atoms with Crippen LogP contribution in [-0.4, -0.2) is 0 Å². The topological polar surface area (TPSA) is 33.0 Å². The monoisotopic (exact) mass is 449 g/mol. The Balaban J connectivity index is 1.71. The van der Waals surface area contributed by atoms with Gasteiger partial charge in [0.25, 0.3) is 0 Å². The van der Waals surface area contributed by atoms with Crippen molar-refractivity contribution in [1.82, 2.24) is 0 Å². The number of halogens is 5. The van der Waals surface area contributed by atoms with Gasteiger partial charge in [0.05, 0.1) is 5.56 Å². The molecule has 0 saturated heterocycles. The molecule has 3 rings (SSSR count). The van der Waals surface area contributed by atoms with E-state index >= 15 is 0 Å². The van der Waals surface area contributed by atoms with Gasteiger partial charge in [0.1, 0.15) is 34.8 Å². The standard InChI is InChI=1S/C25H24F5NO/c1-2-3-4-5-16-6-8-17(9-7-16)18-10-11-21(24(28)12-18)25(29,30)32-19-13-22(26)20(15-31)23(27)14-19/h4-5,10-14,16-17H,2-3,6-9H2,1H3. The van der Waals surface area contributed by atoms with Crippen molar-refractivity contribution in [2.45, 2.75) is 57.5 Å². The van der Waals surface area contributed by atoms with Crippen molar-refractivity contribution in [3.63, 3.8) is 0 Å². The largest absolute Gasteiger partial charge is 0.429 e. The van der Waals surface area contributed by atoms with Crippen molar-refractivity contribution in [1.29, 1.82) is 5.26 Å². The smallest absolute Gasteiger partial charge is 0.429 e. The minimum absolute atomic E-state index is 0.0885. The van der Waals surface area contributed by atoms with Crippen molar-refractivity contribution >= 4 is 0 Å². The molecule has 170 valence electrons. The third-order valence-electron chi connectivity index (χ3n) is 5.79. The average Bonchev–Trinajstić information content (AvgIpc) is 2.73. The fourth-order valence-corrected chi connectivity index (χ4v) is 4.04. The molecule has 1 fully saturated rings. The van der Waals surface area contributed by atoms with Gasteiger partial charge in [-0.1, -0.05) is 31.6 Å². The van der Waals surface area contributed by atoms with Gasteiger partial charge in [-0.25, -0.2) is 13.2 Å². The van der Waals surface area contributed by atoms with Crippen LogP contribution in [0.1, 0.15) is 68.1 Å². The van der Waals surface area contributed by atoms with E-state index in [0.717, 1.165) is 50.7 Å². The Morgan fingerprint density at radius 2 is 1.69 bits per heavy atom. The maximum Gasteiger partial charge on any atom is 0.429 e. The van der Waals surface area contributed by atoms with Crippen LogP contribution >= 0.6 is 0 Å². The van der Waals surface area contributed by atoms with E-state index in [9.17, 15) is 22.0 Å². The Morgan fingerprint density at radius 3 is 2.25 bits per heavy atom. The number of rotatable bonds is 7. The summed E-state index contributed by atoms with van der Waals surface area (Å²) in [5, 5.41) is 8.66. The minimum atomic E-state index is -4.16. The molecule has 0 unspecified atom stereocenters. The molecule has 0 radical (unpaired) electrons. The van der Waals surface area contributed by atoms with Gasteiger partial charge in [-0.15, -0.1) is 0 Å². The van der Waals surface area contributed by atoms with Crippen LogP contribution in [-0.2, 0) is 6.11 Å². The van der Waals surface area contributed by atoms with E-state index in [1.54, 1.807) is 0 Å². The number of benzene rings is 2. The van der Waals surface area contributed by atoms with Gasteiger partial charge in [0.15, 0.2) is 0 Å². The van der Waals surface area contributed by atoms with E-state index in [-0.39, 0.29) is 5.92 Å². The van der Waals surface area contributed by atoms with E-state index in [0.29, 0.717) is 23.6 Å². The molecule has 0 spiro atoms. The molecule has 1 saturated carbocycles. The molecule has 32 heavy (non-hydrogen) atoms. The first-order valence-electron chi connectivity index (χ1n) is 10.7. The van der Waals surface area contributed by atoms with Crippen molar-refractivity contribution < 1.29 is 26.7 Å². The highest BCUT2D eigenvalue weighted by Crippen LogP contribution is 2.39. The van der Waals surface area contributed by atoms with Gasteiger partial charge in [-0.2, -0.15) is 14.0 Å². The second kappa shape index (κ2) is 10.2. The highest BCUT2D eigenvalue weighted by molar-refractivity contribution is 5.38. The highest BCUT2D eigenvalue weighted by Gasteiger charge is 2.38. The minimum Gasteiger partial charge on any atom is -0.429 e. The van der Waals surface area contributed by atoms with E-state index < -0.39 is 40.4 Å². The summed E-state index contributed by atoms with van der Waals surface area (Å²) in [5.74, 6) is -4.09. The lowest BCUT2D eigenvalue weighted by atomic mass is 9.78. The van der Waals surface area contributed by atoms with E-state index in [1.165, 1.54) is 12.1 Å². The fraction of sp³-hybridized carbons (Fsp3) is 0.400. The number of alkyl halides is 2. The zero-order valence-corrected chi connectivity index (χ0v) is 17.7. The molecule has 0 aliphatic heterocycles. The van der Waals surface area contributed by atoms with Crippen LogP contribution in [0.4, 0.5) is 22.0 Å². The summed E-state index contributed by atoms with van der Waals surface area (Å²) in [4.78, 5) is 0. The normalized spacial score (nSPS) is 19.2. The van der Waals surface area contributed by atoms with E-state index in [2.05, 4.69) is 23.8 Å². The lowest BCUT2D eigenvalue weighted by molar-refractivity contribution is -0.187. The number of hydrogen-bond acceptors (Lipinski definition) is 2. The third-order valence-corrected chi connectivity index (χ3v) is 5.79. The summed E-state index contributed by atoms with van der Waals surface area (Å²) in [7, 11) is 0. The second-order valence-corrected chi connectivity index (χ2v) is 8.06. The predicted molar refractivity (Wildman–Crippen MR) is 111 cm³/mol. The molecular formula is C25H24F5NO. The first-order chi connectivity index (χ1) is 15.2. The molecule has 1 aliphatic rings. The molecule has 2 nitrogen and oxygen atoms in total. The number of allylic oxidation sites excluding steroid dienone is 2. The molecule has 7 heteroatoms. The molecule has 0 atom stereocenters. The Morgan fingerprint density at radius 1 is 1.03 bits per heavy atom. The van der Waals surface area contributed by atoms with Gasteiger partial charge < -0.3 is 4.74 Å². The van der Waals surface area contributed by atoms with Gasteiger partial charge in [-0.3, -0.25) is 0 Å². The van der Waals surface area contributed by atoms with Gasteiger partial charge in [0.2, 0.25) is 0 Å². The molecular weight excluding hydrogens is 425 g/mol. The predicted octanol–water partition coefficient (Wildman–Crippen LogP) is 7.73. The van der Waals surface area contributed by atoms with Crippen LogP contribution < -0.4 is 4.74 Å². The molecule has 1 aliphatic carbocycles. The summed E-state index contributed by atoms with van der Waals surface area (Å²) in [6.07, 6.45) is 6.02. The Bertz CT molecular complexity index is 996. The maximum atomic E-state index is 14.6. The zero-order chi connectivity index (χ0) is 23.3. The summed E-state index contributed by atoms with van der Waals surface area (Å²) >= 11 is 0. The Labute approximate surface area is 184 Å². The van der Waals surface area contributed by atoms with Gasteiger partial charge >= 0.3 is 6.11 Å². The van der Waals surface area contributed by atoms with Crippen LogP contribution in [0.25, 0.3) is 0 Å². The van der Waals surface area contributed by atoms with Crippen LogP contribution in [0, 0.1) is 34.7 Å². The van der Waals surface area contributed by atoms with Crippen LogP contribution in [0.5, 0.6) is 5.75 Å². The molecule has 0 aromatic heterocycles. The number of unbranched alkanes of at least 4 members (excludes halogenated alkanes) is 1. The molecule has 0 N–H and O–H groups in total. The average molecular weight is 449 g/mol. The third kappa shape index (κ3) is 5.48. The fourth-order valence-electron chi connectivity index (χ4n) is 4.04. The summed E-state index contributed by atoms with van der Waals surface area (Å²) in [5.41, 5.74) is -1.29. The Kier molecular flexibility index (Phi) is 7.55. The van der Waals surface area contributed by atoms with Crippen molar-refractivity contribution in [3.8, 4) is 11.8 Å². The molecule has 0 amide bonds. The van der Waals surface area contributed by atoms with Gasteiger partial charge in [-0.05, 0) is 61.6 Å². The number of nitriles is 1. The van der Waals surface area contributed by atoms with Crippen LogP contribution in [0.2, 0.25) is 0 Å². The maximum absolute atomic E-state index is 14.6. The van der Waals surface area contributed by atoms with E-state index in [1.807, 2.05) is 0 Å². The van der Waals surface area contributed by atoms with Crippen LogP contribution in [0.15, 0.2) is 42.5 Å². The molecule has 0 bridgehead atoms. The van der Waals surface area contributed by atoms with E-state index in [4.69, 9.17) is 5.26 Å². The lowest BCUT2D eigenvalue weighted by Crippen LogP contribution is -2.24. The molecule has 0 heterocycles. The second-order valence-electron chi connectivity index (χ2n) is 8.06. The van der Waals surface area contributed by atoms with Gasteiger partial charge in [0, 0.05) is 12.1 Å². The Hall–Kier alpha value is -2.88. The number of ether oxygens (including phenoxy) is 1. The summed E-state index contributed by atoms with van der Waals surface area (Å²) in [6, 6.07) is 5.72. The SMILES string of the molecule is CCCC=CC1CCC(c2ccc(C(F)(F)Oc3cc(F)c(C#N)c(F)c3)c(F)c2)CC1. The molecule has 2 aromatic carbocycles. The van der Waals surface area contributed by atoms with Crippen LogP contribution in [0.3, 0.4) is 0 Å². The van der Waals surface area contributed by atoms with Crippen molar-refractivity contribution in [3.05, 3.63) is 76.6 Å². The van der Waals surface area contributed by atoms with Crippen molar-refractivity contribution in [2.24, 2.45) is 5.92 Å².